The van der Waals surface area contributed by atoms with E-state index in [9.17, 15) is 24.5 Å². The number of amides is 1. The van der Waals surface area contributed by atoms with E-state index in [4.69, 9.17) is 9.72 Å². The Morgan fingerprint density at radius 1 is 1.14 bits per heavy atom. The number of para-hydroxylation sites is 1. The lowest BCUT2D eigenvalue weighted by atomic mass is 10.1. The van der Waals surface area contributed by atoms with Crippen LogP contribution in [0.1, 0.15) is 47.0 Å². The summed E-state index contributed by atoms with van der Waals surface area (Å²) >= 11 is 2.48. The Morgan fingerprint density at radius 2 is 1.91 bits per heavy atom. The van der Waals surface area contributed by atoms with Crippen molar-refractivity contribution in [3.8, 4) is 5.69 Å². The van der Waals surface area contributed by atoms with Gasteiger partial charge in [0.25, 0.3) is 11.2 Å². The number of carbonyl (C=O) groups is 2. The molecule has 0 saturated carbocycles. The van der Waals surface area contributed by atoms with E-state index in [2.05, 4.69) is 10.3 Å². The highest BCUT2D eigenvalue weighted by Crippen LogP contribution is 2.38. The van der Waals surface area contributed by atoms with E-state index in [0.29, 0.717) is 21.8 Å². The number of non-ortho nitro benzene ring substituents is 1. The first-order chi connectivity index (χ1) is 20.9. The molecule has 3 aromatic heterocycles. The first-order valence-electron chi connectivity index (χ1n) is 13.9. The predicted octanol–water partition coefficient (Wildman–Crippen LogP) is 6.01. The quantitative estimate of drug-likeness (QED) is 0.0537. The number of rotatable bonds is 8. The van der Waals surface area contributed by atoms with Crippen LogP contribution in [0.5, 0.6) is 0 Å². The van der Waals surface area contributed by atoms with Gasteiger partial charge in [0.1, 0.15) is 16.0 Å². The molecule has 5 aromatic rings. The van der Waals surface area contributed by atoms with Crippen LogP contribution in [-0.2, 0) is 22.4 Å². The van der Waals surface area contributed by atoms with Gasteiger partial charge in [0.15, 0.2) is 5.16 Å². The molecule has 43 heavy (non-hydrogen) atoms. The number of H-pyrrole nitrogens is 1. The van der Waals surface area contributed by atoms with E-state index >= 15 is 0 Å². The second kappa shape index (κ2) is 12.0. The first kappa shape index (κ1) is 28.6. The van der Waals surface area contributed by atoms with Gasteiger partial charge in [-0.25, -0.2) is 9.78 Å². The fourth-order valence-corrected chi connectivity index (χ4v) is 7.43. The molecule has 0 aliphatic heterocycles. The molecule has 0 saturated heterocycles. The number of anilines is 1. The molecular formula is C30H27N5O6S2. The summed E-state index contributed by atoms with van der Waals surface area (Å²) in [5.74, 6) is -0.906. The Bertz CT molecular complexity index is 1940. The number of thioether (sulfide) groups is 1. The highest BCUT2D eigenvalue weighted by atomic mass is 32.2. The zero-order valence-electron chi connectivity index (χ0n) is 23.2. The lowest BCUT2D eigenvalue weighted by Crippen LogP contribution is -2.23. The topological polar surface area (TPSA) is 149 Å². The molecule has 3 heterocycles. The van der Waals surface area contributed by atoms with Crippen LogP contribution in [0.25, 0.3) is 27.6 Å². The summed E-state index contributed by atoms with van der Waals surface area (Å²) in [4.78, 5) is 59.7. The number of aromatic amines is 1. The minimum absolute atomic E-state index is 0.0991. The molecular weight excluding hydrogens is 590 g/mol. The smallest absolute Gasteiger partial charge is 0.341 e. The highest BCUT2D eigenvalue weighted by Gasteiger charge is 2.27. The number of esters is 1. The fraction of sp³-hybridized carbons (Fsp3) is 0.267. The van der Waals surface area contributed by atoms with Gasteiger partial charge >= 0.3 is 5.97 Å². The molecule has 13 heteroatoms. The van der Waals surface area contributed by atoms with Gasteiger partial charge in [0, 0.05) is 27.9 Å². The van der Waals surface area contributed by atoms with Crippen molar-refractivity contribution in [2.75, 3.05) is 17.7 Å². The zero-order valence-corrected chi connectivity index (χ0v) is 24.8. The minimum atomic E-state index is -0.513. The molecule has 1 amide bonds. The second-order valence-corrected chi connectivity index (χ2v) is 12.1. The number of nitro benzene ring substituents is 1. The van der Waals surface area contributed by atoms with Crippen LogP contribution in [0.2, 0.25) is 0 Å². The molecule has 0 spiro atoms. The van der Waals surface area contributed by atoms with E-state index in [1.807, 2.05) is 24.3 Å². The Morgan fingerprint density at radius 3 is 2.67 bits per heavy atom. The van der Waals surface area contributed by atoms with Crippen molar-refractivity contribution >= 4 is 67.6 Å². The summed E-state index contributed by atoms with van der Waals surface area (Å²) in [6.45, 7) is 1.98. The molecule has 2 N–H and O–H groups in total. The molecule has 0 fully saturated rings. The third kappa shape index (κ3) is 5.53. The van der Waals surface area contributed by atoms with Crippen LogP contribution in [0, 0.1) is 10.1 Å². The fourth-order valence-electron chi connectivity index (χ4n) is 5.33. The lowest BCUT2D eigenvalue weighted by Gasteiger charge is -2.12. The van der Waals surface area contributed by atoms with Gasteiger partial charge < -0.3 is 15.0 Å². The molecule has 11 nitrogen and oxygen atoms in total. The monoisotopic (exact) mass is 617 g/mol. The van der Waals surface area contributed by atoms with Crippen molar-refractivity contribution in [3.63, 3.8) is 0 Å². The van der Waals surface area contributed by atoms with Gasteiger partial charge in [-0.1, -0.05) is 36.4 Å². The maximum absolute atomic E-state index is 13.8. The van der Waals surface area contributed by atoms with Gasteiger partial charge in [0.05, 0.1) is 28.5 Å². The molecule has 0 atom stereocenters. The average molecular weight is 618 g/mol. The molecule has 220 valence electrons. The van der Waals surface area contributed by atoms with E-state index in [0.717, 1.165) is 65.2 Å². The maximum Gasteiger partial charge on any atom is 0.341 e. The number of benzene rings is 2. The average Bonchev–Trinajstić information content (AvgIpc) is 3.45. The van der Waals surface area contributed by atoms with Crippen LogP contribution in [0.15, 0.2) is 58.5 Å². The first-order valence-corrected chi connectivity index (χ1v) is 15.7. The Hall–Kier alpha value is -4.49. The SMILES string of the molecule is CCOC(=O)c1c(NC(=O)CSc2nc3c([nH]c4ccccc43)c(=O)n2-c2ccc([N+](=O)[O-])cc2)sc2c1CCCCC2. The van der Waals surface area contributed by atoms with E-state index in [-0.39, 0.29) is 34.6 Å². The van der Waals surface area contributed by atoms with Gasteiger partial charge in [-0.3, -0.25) is 24.3 Å². The number of aryl methyl sites for hydroxylation is 1. The zero-order chi connectivity index (χ0) is 30.1. The third-order valence-corrected chi connectivity index (χ3v) is 9.45. The molecule has 6 rings (SSSR count). The third-order valence-electron chi connectivity index (χ3n) is 7.30. The van der Waals surface area contributed by atoms with Crippen molar-refractivity contribution in [2.45, 2.75) is 44.2 Å². The van der Waals surface area contributed by atoms with Crippen LogP contribution >= 0.6 is 23.1 Å². The Labute approximate surface area is 253 Å². The maximum atomic E-state index is 13.8. The van der Waals surface area contributed by atoms with Crippen molar-refractivity contribution in [3.05, 3.63) is 85.0 Å². The Balaban J connectivity index is 1.35. The van der Waals surface area contributed by atoms with Crippen LogP contribution in [0.4, 0.5) is 10.7 Å². The normalized spacial score (nSPS) is 13.0. The summed E-state index contributed by atoms with van der Waals surface area (Å²) in [6, 6.07) is 13.0. The van der Waals surface area contributed by atoms with E-state index in [1.165, 1.54) is 40.2 Å². The summed E-state index contributed by atoms with van der Waals surface area (Å²) in [5.41, 5.74) is 2.74. The van der Waals surface area contributed by atoms with Crippen LogP contribution in [0.3, 0.4) is 0 Å². The number of hydrogen-bond acceptors (Lipinski definition) is 9. The largest absolute Gasteiger partial charge is 0.462 e. The Kier molecular flexibility index (Phi) is 8.00. The number of nitro groups is 1. The summed E-state index contributed by atoms with van der Waals surface area (Å²) < 4.78 is 6.68. The summed E-state index contributed by atoms with van der Waals surface area (Å²) in [5, 5.41) is 15.6. The van der Waals surface area contributed by atoms with E-state index in [1.54, 1.807) is 6.92 Å². The number of carbonyl (C=O) groups excluding carboxylic acids is 2. The van der Waals surface area contributed by atoms with E-state index < -0.39 is 16.5 Å². The number of nitrogens with zero attached hydrogens (tertiary/aromatic N) is 3. The second-order valence-electron chi connectivity index (χ2n) is 10.0. The van der Waals surface area contributed by atoms with Crippen molar-refractivity contribution in [2.24, 2.45) is 0 Å². The summed E-state index contributed by atoms with van der Waals surface area (Å²) in [7, 11) is 0. The van der Waals surface area contributed by atoms with Crippen molar-refractivity contribution < 1.29 is 19.2 Å². The van der Waals surface area contributed by atoms with Crippen LogP contribution < -0.4 is 10.9 Å². The molecule has 0 bridgehead atoms. The van der Waals surface area contributed by atoms with Gasteiger partial charge in [-0.15, -0.1) is 11.3 Å². The van der Waals surface area contributed by atoms with Gasteiger partial charge in [-0.2, -0.15) is 0 Å². The number of aromatic nitrogens is 3. The molecule has 1 aliphatic rings. The van der Waals surface area contributed by atoms with Crippen LogP contribution in [-0.4, -0.2) is 43.7 Å². The molecule has 2 aromatic carbocycles. The number of thiophene rings is 1. The number of hydrogen-bond donors (Lipinski definition) is 2. The standard InChI is InChI=1S/C30H27N5O6S2/c1-2-41-29(38)24-20-9-4-3-5-11-22(20)43-27(24)32-23(36)16-42-30-33-25-19-8-6-7-10-21(19)31-26(25)28(37)34(30)17-12-14-18(15-13-17)35(39)40/h6-8,10,12-15,31H,2-5,9,11,16H2,1H3,(H,32,36). The van der Waals surface area contributed by atoms with Crippen molar-refractivity contribution in [1.82, 2.24) is 14.5 Å². The number of ether oxygens (including phenoxy) is 1. The highest BCUT2D eigenvalue weighted by molar-refractivity contribution is 7.99. The van der Waals surface area contributed by atoms with Crippen molar-refractivity contribution in [1.29, 1.82) is 0 Å². The molecule has 1 aliphatic carbocycles. The molecule has 0 radical (unpaired) electrons. The number of fused-ring (bicyclic) bond motifs is 4. The predicted molar refractivity (Wildman–Crippen MR) is 167 cm³/mol. The lowest BCUT2D eigenvalue weighted by molar-refractivity contribution is -0.384. The van der Waals surface area contributed by atoms with Gasteiger partial charge in [-0.05, 0) is 56.4 Å². The minimum Gasteiger partial charge on any atom is -0.462 e. The van der Waals surface area contributed by atoms with Gasteiger partial charge in [0.2, 0.25) is 5.91 Å². The molecule has 0 unspecified atom stereocenters. The summed E-state index contributed by atoms with van der Waals surface area (Å²) in [6.07, 6.45) is 4.71. The number of nitrogens with one attached hydrogen (secondary N) is 2.